The van der Waals surface area contributed by atoms with Crippen molar-refractivity contribution in [3.05, 3.63) is 56.9 Å². The van der Waals surface area contributed by atoms with Crippen LogP contribution in [0.25, 0.3) is 5.69 Å². The van der Waals surface area contributed by atoms with E-state index in [-0.39, 0.29) is 23.1 Å². The minimum atomic E-state index is -0.332. The second kappa shape index (κ2) is 8.46. The molecule has 1 aromatic carbocycles. The lowest BCUT2D eigenvalue weighted by atomic mass is 9.96. The van der Waals surface area contributed by atoms with Gasteiger partial charge in [0.05, 0.1) is 23.9 Å². The van der Waals surface area contributed by atoms with Gasteiger partial charge in [0, 0.05) is 19.6 Å². The number of anilines is 1. The monoisotopic (exact) mass is 385 g/mol. The largest absolute Gasteiger partial charge is 0.466 e. The van der Waals surface area contributed by atoms with E-state index < -0.39 is 0 Å². The van der Waals surface area contributed by atoms with E-state index in [2.05, 4.69) is 0 Å². The number of piperidine rings is 1. The van der Waals surface area contributed by atoms with Crippen LogP contribution in [0.4, 0.5) is 5.69 Å². The molecule has 0 aliphatic carbocycles. The van der Waals surface area contributed by atoms with Gasteiger partial charge in [-0.3, -0.25) is 18.7 Å². The summed E-state index contributed by atoms with van der Waals surface area (Å²) in [6.45, 7) is 7.24. The second-order valence-electron chi connectivity index (χ2n) is 6.95. The van der Waals surface area contributed by atoms with Crippen LogP contribution < -0.4 is 16.1 Å². The molecular weight excluding hydrogens is 358 g/mol. The average Bonchev–Trinajstić information content (AvgIpc) is 2.70. The summed E-state index contributed by atoms with van der Waals surface area (Å²) < 4.78 is 8.00. The maximum Gasteiger partial charge on any atom is 0.335 e. The number of aromatic nitrogens is 2. The van der Waals surface area contributed by atoms with E-state index in [0.717, 1.165) is 5.69 Å². The average molecular weight is 385 g/mol. The number of hydrogen-bond acceptors (Lipinski definition) is 5. The molecule has 2 heterocycles. The molecule has 1 saturated heterocycles. The molecule has 2 aromatic rings. The Morgan fingerprint density at radius 1 is 1.11 bits per heavy atom. The van der Waals surface area contributed by atoms with E-state index in [1.54, 1.807) is 18.4 Å². The van der Waals surface area contributed by atoms with Crippen LogP contribution in [-0.2, 0) is 16.1 Å². The highest BCUT2D eigenvalue weighted by atomic mass is 16.5. The highest BCUT2D eigenvalue weighted by Crippen LogP contribution is 2.25. The van der Waals surface area contributed by atoms with Gasteiger partial charge in [-0.1, -0.05) is 18.2 Å². The van der Waals surface area contributed by atoms with Gasteiger partial charge in [-0.2, -0.15) is 0 Å². The van der Waals surface area contributed by atoms with E-state index >= 15 is 0 Å². The quantitative estimate of drug-likeness (QED) is 0.737. The Hall–Kier alpha value is -2.83. The lowest BCUT2D eigenvalue weighted by molar-refractivity contribution is -0.148. The summed E-state index contributed by atoms with van der Waals surface area (Å²) in [6, 6.07) is 9.34. The number of para-hydroxylation sites is 1. The van der Waals surface area contributed by atoms with Gasteiger partial charge in [0.25, 0.3) is 5.56 Å². The van der Waals surface area contributed by atoms with Crippen molar-refractivity contribution in [2.45, 2.75) is 40.2 Å². The van der Waals surface area contributed by atoms with E-state index in [4.69, 9.17) is 4.74 Å². The zero-order chi connectivity index (χ0) is 20.3. The summed E-state index contributed by atoms with van der Waals surface area (Å²) in [6.07, 6.45) is 1.27. The third-order valence-corrected chi connectivity index (χ3v) is 5.31. The molecule has 1 aliphatic rings. The first kappa shape index (κ1) is 19.9. The van der Waals surface area contributed by atoms with Gasteiger partial charge in [0.1, 0.15) is 5.69 Å². The molecule has 0 saturated carbocycles. The van der Waals surface area contributed by atoms with Gasteiger partial charge < -0.3 is 9.64 Å². The van der Waals surface area contributed by atoms with Crippen LogP contribution >= 0.6 is 0 Å². The minimum Gasteiger partial charge on any atom is -0.466 e. The van der Waals surface area contributed by atoms with Gasteiger partial charge in [-0.25, -0.2) is 4.79 Å². The van der Waals surface area contributed by atoms with Gasteiger partial charge in [-0.15, -0.1) is 0 Å². The Balaban J connectivity index is 2.02. The first-order valence-electron chi connectivity index (χ1n) is 9.83. The zero-order valence-electron chi connectivity index (χ0n) is 16.7. The molecule has 150 valence electrons. The van der Waals surface area contributed by atoms with Crippen LogP contribution in [0.3, 0.4) is 0 Å². The number of esters is 1. The normalized spacial score (nSPS) is 14.9. The van der Waals surface area contributed by atoms with Crippen molar-refractivity contribution >= 4 is 11.7 Å². The molecule has 28 heavy (non-hydrogen) atoms. The van der Waals surface area contributed by atoms with Crippen LogP contribution in [0.2, 0.25) is 0 Å². The fourth-order valence-corrected chi connectivity index (χ4v) is 3.86. The van der Waals surface area contributed by atoms with Crippen molar-refractivity contribution in [2.75, 3.05) is 24.6 Å². The van der Waals surface area contributed by atoms with E-state index in [1.807, 2.05) is 42.2 Å². The first-order valence-corrected chi connectivity index (χ1v) is 9.83. The van der Waals surface area contributed by atoms with Crippen LogP contribution in [-0.4, -0.2) is 34.8 Å². The minimum absolute atomic E-state index is 0.134. The Morgan fingerprint density at radius 3 is 2.32 bits per heavy atom. The Kier molecular flexibility index (Phi) is 6.02. The van der Waals surface area contributed by atoms with Crippen LogP contribution in [0.15, 0.2) is 39.9 Å². The van der Waals surface area contributed by atoms with Crippen molar-refractivity contribution in [3.8, 4) is 5.69 Å². The van der Waals surface area contributed by atoms with Crippen molar-refractivity contribution in [3.63, 3.8) is 0 Å². The first-order chi connectivity index (χ1) is 13.5. The maximum atomic E-state index is 13.1. The van der Waals surface area contributed by atoms with E-state index in [9.17, 15) is 14.4 Å². The van der Waals surface area contributed by atoms with Crippen molar-refractivity contribution in [2.24, 2.45) is 5.92 Å². The molecule has 0 spiro atoms. The van der Waals surface area contributed by atoms with Crippen LogP contribution in [0.5, 0.6) is 0 Å². The smallest absolute Gasteiger partial charge is 0.335 e. The maximum absolute atomic E-state index is 13.1. The number of rotatable bonds is 5. The van der Waals surface area contributed by atoms with Crippen molar-refractivity contribution in [1.82, 2.24) is 9.13 Å². The molecule has 0 N–H and O–H groups in total. The number of carbonyl (C=O) groups is 1. The molecule has 7 nitrogen and oxygen atoms in total. The number of carbonyl (C=O) groups excluding carboxylic acids is 1. The summed E-state index contributed by atoms with van der Waals surface area (Å²) in [4.78, 5) is 40.0. The van der Waals surface area contributed by atoms with Crippen molar-refractivity contribution < 1.29 is 9.53 Å². The topological polar surface area (TPSA) is 73.5 Å². The van der Waals surface area contributed by atoms with Gasteiger partial charge in [0.2, 0.25) is 0 Å². The Labute approximate surface area is 164 Å². The molecule has 0 radical (unpaired) electrons. The number of ether oxygens (including phenoxy) is 1. The lowest BCUT2D eigenvalue weighted by Crippen LogP contribution is -2.46. The molecule has 1 aliphatic heterocycles. The van der Waals surface area contributed by atoms with Gasteiger partial charge in [-0.05, 0) is 45.7 Å². The Morgan fingerprint density at radius 2 is 1.75 bits per heavy atom. The van der Waals surface area contributed by atoms with Crippen molar-refractivity contribution in [1.29, 1.82) is 0 Å². The summed E-state index contributed by atoms with van der Waals surface area (Å²) in [5.41, 5.74) is 1.29. The molecule has 0 bridgehead atoms. The predicted molar refractivity (Wildman–Crippen MR) is 108 cm³/mol. The SMILES string of the molecule is CCOC(=O)C1CCN(c2c(C)n(-c3ccccc3)c(=O)n(CC)c2=O)CC1. The van der Waals surface area contributed by atoms with Gasteiger partial charge >= 0.3 is 11.7 Å². The summed E-state index contributed by atoms with van der Waals surface area (Å²) >= 11 is 0. The fourth-order valence-electron chi connectivity index (χ4n) is 3.86. The fraction of sp³-hybridized carbons (Fsp3) is 0.476. The Bertz CT molecular complexity index is 954. The van der Waals surface area contributed by atoms with E-state index in [0.29, 0.717) is 50.5 Å². The predicted octanol–water partition coefficient (Wildman–Crippen LogP) is 2.11. The van der Waals surface area contributed by atoms with Crippen LogP contribution in [0.1, 0.15) is 32.4 Å². The molecule has 0 unspecified atom stereocenters. The zero-order valence-corrected chi connectivity index (χ0v) is 16.7. The van der Waals surface area contributed by atoms with Gasteiger partial charge in [0.15, 0.2) is 0 Å². The number of nitrogens with zero attached hydrogens (tertiary/aromatic N) is 3. The highest BCUT2D eigenvalue weighted by Gasteiger charge is 2.29. The molecule has 3 rings (SSSR count). The summed E-state index contributed by atoms with van der Waals surface area (Å²) in [5.74, 6) is -0.302. The molecule has 1 aromatic heterocycles. The molecule has 0 atom stereocenters. The molecule has 1 fully saturated rings. The lowest BCUT2D eigenvalue weighted by Gasteiger charge is -2.33. The third-order valence-electron chi connectivity index (χ3n) is 5.31. The third kappa shape index (κ3) is 3.61. The second-order valence-corrected chi connectivity index (χ2v) is 6.95. The molecule has 7 heteroatoms. The summed E-state index contributed by atoms with van der Waals surface area (Å²) in [5, 5.41) is 0. The highest BCUT2D eigenvalue weighted by molar-refractivity contribution is 5.73. The molecule has 0 amide bonds. The molecular formula is C21H27N3O4. The van der Waals surface area contributed by atoms with Crippen LogP contribution in [0, 0.1) is 12.8 Å². The summed E-state index contributed by atoms with van der Waals surface area (Å²) in [7, 11) is 0. The number of hydrogen-bond donors (Lipinski definition) is 0. The standard InChI is InChI=1S/C21H27N3O4/c1-4-23-19(25)18(22-13-11-16(12-14-22)20(26)28-5-2)15(3)24(21(23)27)17-9-7-6-8-10-17/h6-10,16H,4-5,11-14H2,1-3H3. The van der Waals surface area contributed by atoms with E-state index in [1.165, 1.54) is 4.57 Å². The number of benzene rings is 1.